The van der Waals surface area contributed by atoms with Gasteiger partial charge in [0.15, 0.2) is 0 Å². The topological polar surface area (TPSA) is 83.6 Å². The Kier molecular flexibility index (Phi) is 6.37. The molecule has 0 spiro atoms. The van der Waals surface area contributed by atoms with Gasteiger partial charge in [-0.3, -0.25) is 0 Å². The van der Waals surface area contributed by atoms with E-state index in [1.165, 1.54) is 10.4 Å². The molecule has 0 atom stereocenters. The minimum atomic E-state index is -3.62. The fraction of sp³-hybridized carbons (Fsp3) is 0.467. The predicted molar refractivity (Wildman–Crippen MR) is 83.2 cm³/mol. The Morgan fingerprint density at radius 3 is 2.52 bits per heavy atom. The highest BCUT2D eigenvalue weighted by Gasteiger charge is 2.26. The van der Waals surface area contributed by atoms with Crippen LogP contribution in [0.5, 0.6) is 0 Å². The minimum Gasteiger partial charge on any atom is -0.395 e. The van der Waals surface area contributed by atoms with Crippen LogP contribution in [0.2, 0.25) is 0 Å². The highest BCUT2D eigenvalue weighted by Crippen LogP contribution is 2.20. The summed E-state index contributed by atoms with van der Waals surface area (Å²) in [5.41, 5.74) is 6.88. The molecule has 0 amide bonds. The number of hydrogen-bond donors (Lipinski definition) is 2. The van der Waals surface area contributed by atoms with E-state index in [1.807, 2.05) is 6.92 Å². The van der Waals surface area contributed by atoms with Gasteiger partial charge in [-0.15, -0.1) is 0 Å². The van der Waals surface area contributed by atoms with Crippen LogP contribution in [-0.4, -0.2) is 43.6 Å². The Balaban J connectivity index is 3.23. The standard InChI is InChI=1S/C15H22N2O3S/c1-12(2)17(9-10-18)21(19,20)15-7-6-14(5-4-8-16)13(3)11-15/h6-7,11-12,18H,8-10,16H2,1-3H3. The lowest BCUT2D eigenvalue weighted by Crippen LogP contribution is -2.38. The summed E-state index contributed by atoms with van der Waals surface area (Å²) >= 11 is 0. The van der Waals surface area contributed by atoms with Crippen LogP contribution in [0.1, 0.15) is 25.0 Å². The number of aryl methyl sites for hydroxylation is 1. The van der Waals surface area contributed by atoms with Crippen molar-refractivity contribution in [3.63, 3.8) is 0 Å². The zero-order chi connectivity index (χ0) is 16.0. The fourth-order valence-electron chi connectivity index (χ4n) is 1.97. The van der Waals surface area contributed by atoms with E-state index < -0.39 is 10.0 Å². The summed E-state index contributed by atoms with van der Waals surface area (Å²) in [6.07, 6.45) is 0. The maximum Gasteiger partial charge on any atom is 0.243 e. The van der Waals surface area contributed by atoms with E-state index in [0.29, 0.717) is 0 Å². The molecular formula is C15H22N2O3S. The summed E-state index contributed by atoms with van der Waals surface area (Å²) in [6.45, 7) is 5.50. The van der Waals surface area contributed by atoms with Crippen LogP contribution in [0.3, 0.4) is 0 Å². The average Bonchev–Trinajstić information content (AvgIpc) is 2.42. The van der Waals surface area contributed by atoms with E-state index >= 15 is 0 Å². The lowest BCUT2D eigenvalue weighted by Gasteiger charge is -2.25. The van der Waals surface area contributed by atoms with Crippen LogP contribution in [0.25, 0.3) is 0 Å². The Morgan fingerprint density at radius 1 is 1.38 bits per heavy atom. The van der Waals surface area contributed by atoms with Crippen molar-refractivity contribution in [1.29, 1.82) is 0 Å². The molecular weight excluding hydrogens is 288 g/mol. The normalized spacial score (nSPS) is 11.6. The first-order valence-electron chi connectivity index (χ1n) is 6.77. The van der Waals surface area contributed by atoms with Crippen LogP contribution in [0.4, 0.5) is 0 Å². The van der Waals surface area contributed by atoms with Crippen LogP contribution in [0.15, 0.2) is 23.1 Å². The van der Waals surface area contributed by atoms with Crippen LogP contribution >= 0.6 is 0 Å². The third kappa shape index (κ3) is 4.29. The van der Waals surface area contributed by atoms with Crippen molar-refractivity contribution in [2.75, 3.05) is 19.7 Å². The van der Waals surface area contributed by atoms with E-state index in [9.17, 15) is 8.42 Å². The number of aliphatic hydroxyl groups is 1. The Labute approximate surface area is 126 Å². The van der Waals surface area contributed by atoms with Crippen molar-refractivity contribution < 1.29 is 13.5 Å². The maximum atomic E-state index is 12.6. The first-order valence-corrected chi connectivity index (χ1v) is 8.21. The molecule has 0 unspecified atom stereocenters. The molecule has 1 rings (SSSR count). The summed E-state index contributed by atoms with van der Waals surface area (Å²) in [6, 6.07) is 4.60. The molecule has 1 aromatic rings. The van der Waals surface area contributed by atoms with Crippen molar-refractivity contribution in [2.45, 2.75) is 31.7 Å². The highest BCUT2D eigenvalue weighted by molar-refractivity contribution is 7.89. The van der Waals surface area contributed by atoms with Gasteiger partial charge in [0.1, 0.15) is 0 Å². The summed E-state index contributed by atoms with van der Waals surface area (Å²) in [4.78, 5) is 0.209. The molecule has 0 aliphatic carbocycles. The number of aliphatic hydroxyl groups excluding tert-OH is 1. The summed E-state index contributed by atoms with van der Waals surface area (Å²) in [5, 5.41) is 9.06. The molecule has 6 heteroatoms. The molecule has 0 aliphatic rings. The lowest BCUT2D eigenvalue weighted by atomic mass is 10.1. The van der Waals surface area contributed by atoms with Gasteiger partial charge in [-0.1, -0.05) is 11.8 Å². The largest absolute Gasteiger partial charge is 0.395 e. The van der Waals surface area contributed by atoms with Crippen molar-refractivity contribution in [3.05, 3.63) is 29.3 Å². The monoisotopic (exact) mass is 310 g/mol. The third-order valence-electron chi connectivity index (χ3n) is 3.03. The second kappa shape index (κ2) is 7.57. The molecule has 3 N–H and O–H groups in total. The molecule has 0 fully saturated rings. The number of sulfonamides is 1. The summed E-state index contributed by atoms with van der Waals surface area (Å²) in [7, 11) is -3.62. The van der Waals surface area contributed by atoms with Crippen molar-refractivity contribution >= 4 is 10.0 Å². The molecule has 1 aromatic carbocycles. The van der Waals surface area contributed by atoms with Gasteiger partial charge in [0, 0.05) is 18.2 Å². The molecule has 5 nitrogen and oxygen atoms in total. The minimum absolute atomic E-state index is 0.0772. The fourth-order valence-corrected chi connectivity index (χ4v) is 3.69. The maximum absolute atomic E-state index is 12.6. The molecule has 0 aromatic heterocycles. The molecule has 0 saturated carbocycles. The third-order valence-corrected chi connectivity index (χ3v) is 5.10. The Hall–Kier alpha value is -1.39. The van der Waals surface area contributed by atoms with Crippen LogP contribution in [0, 0.1) is 18.8 Å². The predicted octanol–water partition coefficient (Wildman–Crippen LogP) is 0.697. The van der Waals surface area contributed by atoms with Gasteiger partial charge in [0.05, 0.1) is 18.0 Å². The van der Waals surface area contributed by atoms with Gasteiger partial charge in [-0.25, -0.2) is 8.42 Å². The van der Waals surface area contributed by atoms with Crippen molar-refractivity contribution in [2.24, 2.45) is 5.73 Å². The molecule has 0 radical (unpaired) electrons. The lowest BCUT2D eigenvalue weighted by molar-refractivity contribution is 0.236. The SMILES string of the molecule is Cc1cc(S(=O)(=O)N(CCO)C(C)C)ccc1C#CCN. The zero-order valence-corrected chi connectivity index (χ0v) is 13.4. The molecule has 21 heavy (non-hydrogen) atoms. The molecule has 0 aliphatic heterocycles. The second-order valence-electron chi connectivity index (χ2n) is 4.92. The van der Waals surface area contributed by atoms with Crippen molar-refractivity contribution in [3.8, 4) is 11.8 Å². The van der Waals surface area contributed by atoms with Gasteiger partial charge in [-0.05, 0) is 44.5 Å². The van der Waals surface area contributed by atoms with E-state index in [2.05, 4.69) is 11.8 Å². The quantitative estimate of drug-likeness (QED) is 0.784. The van der Waals surface area contributed by atoms with Crippen LogP contribution < -0.4 is 5.73 Å². The number of nitrogens with two attached hydrogens (primary N) is 1. The second-order valence-corrected chi connectivity index (χ2v) is 6.81. The van der Waals surface area contributed by atoms with Crippen LogP contribution in [-0.2, 0) is 10.0 Å². The zero-order valence-electron chi connectivity index (χ0n) is 12.6. The summed E-state index contributed by atoms with van der Waals surface area (Å²) in [5.74, 6) is 5.65. The average molecular weight is 310 g/mol. The number of benzene rings is 1. The van der Waals surface area contributed by atoms with E-state index in [1.54, 1.807) is 26.0 Å². The number of nitrogens with zero attached hydrogens (tertiary/aromatic N) is 1. The molecule has 116 valence electrons. The van der Waals surface area contributed by atoms with Gasteiger partial charge in [-0.2, -0.15) is 4.31 Å². The van der Waals surface area contributed by atoms with Gasteiger partial charge >= 0.3 is 0 Å². The molecule has 0 saturated heterocycles. The van der Waals surface area contributed by atoms with Gasteiger partial charge in [0.25, 0.3) is 0 Å². The number of hydrogen-bond acceptors (Lipinski definition) is 4. The van der Waals surface area contributed by atoms with Gasteiger partial charge in [0.2, 0.25) is 10.0 Å². The van der Waals surface area contributed by atoms with E-state index in [4.69, 9.17) is 10.8 Å². The highest BCUT2D eigenvalue weighted by atomic mass is 32.2. The van der Waals surface area contributed by atoms with Crippen molar-refractivity contribution in [1.82, 2.24) is 4.31 Å². The summed E-state index contributed by atoms with van der Waals surface area (Å²) < 4.78 is 26.5. The van der Waals surface area contributed by atoms with E-state index in [-0.39, 0.29) is 30.6 Å². The molecule has 0 heterocycles. The first-order chi connectivity index (χ1) is 9.84. The Morgan fingerprint density at radius 2 is 2.05 bits per heavy atom. The Bertz CT molecular complexity index is 643. The van der Waals surface area contributed by atoms with E-state index in [0.717, 1.165) is 11.1 Å². The molecule has 0 bridgehead atoms. The smallest absolute Gasteiger partial charge is 0.243 e. The first kappa shape index (κ1) is 17.7. The van der Waals surface area contributed by atoms with Gasteiger partial charge < -0.3 is 10.8 Å². The number of rotatable bonds is 5.